The van der Waals surface area contributed by atoms with Crippen LogP contribution in [0.4, 0.5) is 0 Å². The fourth-order valence-electron chi connectivity index (χ4n) is 0.470. The molecule has 0 bridgehead atoms. The monoisotopic (exact) mass is 187 g/mol. The number of rotatable bonds is 2. The first-order valence-electron chi connectivity index (χ1n) is 3.73. The summed E-state index contributed by atoms with van der Waals surface area (Å²) >= 11 is 5.11. The maximum Gasteiger partial charge on any atom is 0.100 e. The second-order valence-electron chi connectivity index (χ2n) is 3.93. The number of likely N-dealkylation sites (N-methyl/N-ethyl adjacent to an activating group) is 1. The minimum Gasteiger partial charge on any atom is -0.369 e. The molecule has 0 amide bonds. The van der Waals surface area contributed by atoms with Gasteiger partial charge in [0.2, 0.25) is 0 Å². The highest BCUT2D eigenvalue weighted by Crippen LogP contribution is 2.02. The molecule has 0 aliphatic heterocycles. The van der Waals surface area contributed by atoms with Crippen molar-refractivity contribution < 1.29 is 0 Å². The molecule has 0 saturated heterocycles. The van der Waals surface area contributed by atoms with Crippen molar-refractivity contribution in [3.8, 4) is 0 Å². The minimum absolute atomic E-state index is 0.910. The Morgan fingerprint density at radius 2 is 1.73 bits per heavy atom. The second-order valence-corrected chi connectivity index (χ2v) is 9.42. The molecular formula is C8H17NSSi. The van der Waals surface area contributed by atoms with Crippen molar-refractivity contribution in [2.24, 2.45) is 0 Å². The van der Waals surface area contributed by atoms with Crippen LogP contribution in [0.15, 0.2) is 11.8 Å². The Morgan fingerprint density at radius 3 is 2.00 bits per heavy atom. The first-order chi connectivity index (χ1) is 4.83. The van der Waals surface area contributed by atoms with Gasteiger partial charge in [-0.15, -0.1) is 0 Å². The molecule has 3 heteroatoms. The van der Waals surface area contributed by atoms with Gasteiger partial charge >= 0.3 is 0 Å². The quantitative estimate of drug-likeness (QED) is 0.371. The van der Waals surface area contributed by atoms with E-state index < -0.39 is 8.07 Å². The Balaban J connectivity index is 4.05. The minimum atomic E-state index is -1.06. The summed E-state index contributed by atoms with van der Waals surface area (Å²) in [4.78, 5) is 2.86. The summed E-state index contributed by atoms with van der Waals surface area (Å²) in [5.41, 5.74) is 2.26. The summed E-state index contributed by atoms with van der Waals surface area (Å²) in [6.45, 7) is 6.88. The molecule has 0 aliphatic rings. The SMILES string of the molecule is CN(C)C(=S)/C=C\[Si](C)(C)C. The van der Waals surface area contributed by atoms with Crippen LogP contribution in [0.3, 0.4) is 0 Å². The van der Waals surface area contributed by atoms with Crippen LogP contribution in [0, 0.1) is 0 Å². The number of hydrogen-bond donors (Lipinski definition) is 0. The molecule has 0 atom stereocenters. The van der Waals surface area contributed by atoms with Crippen LogP contribution in [0.5, 0.6) is 0 Å². The number of hydrogen-bond acceptors (Lipinski definition) is 1. The molecule has 0 aromatic carbocycles. The molecule has 64 valence electrons. The van der Waals surface area contributed by atoms with E-state index in [0.29, 0.717) is 0 Å². The standard InChI is InChI=1S/C8H17NSSi/c1-9(2)8(10)6-7-11(3,4)5/h6-7H,1-5H3/b7-6-. The highest BCUT2D eigenvalue weighted by atomic mass is 32.1. The lowest BCUT2D eigenvalue weighted by Crippen LogP contribution is -2.20. The summed E-state index contributed by atoms with van der Waals surface area (Å²) in [6, 6.07) is 0. The highest BCUT2D eigenvalue weighted by Gasteiger charge is 2.07. The van der Waals surface area contributed by atoms with Crippen LogP contribution in [-0.4, -0.2) is 32.1 Å². The van der Waals surface area contributed by atoms with Gasteiger partial charge in [0.1, 0.15) is 4.99 Å². The van der Waals surface area contributed by atoms with Gasteiger partial charge in [-0.25, -0.2) is 0 Å². The van der Waals surface area contributed by atoms with E-state index in [1.807, 2.05) is 25.1 Å². The summed E-state index contributed by atoms with van der Waals surface area (Å²) in [5.74, 6) is 0. The van der Waals surface area contributed by atoms with E-state index in [4.69, 9.17) is 12.2 Å². The average Bonchev–Trinajstić information content (AvgIpc) is 1.80. The van der Waals surface area contributed by atoms with Gasteiger partial charge in [-0.05, 0) is 6.08 Å². The van der Waals surface area contributed by atoms with Gasteiger partial charge < -0.3 is 4.90 Å². The smallest absolute Gasteiger partial charge is 0.100 e. The van der Waals surface area contributed by atoms with Gasteiger partial charge in [0.05, 0.1) is 8.07 Å². The second kappa shape index (κ2) is 4.02. The van der Waals surface area contributed by atoms with Gasteiger partial charge in [0, 0.05) is 14.1 Å². The zero-order valence-electron chi connectivity index (χ0n) is 8.01. The predicted molar refractivity (Wildman–Crippen MR) is 58.8 cm³/mol. The third-order valence-electron chi connectivity index (χ3n) is 1.17. The van der Waals surface area contributed by atoms with Crippen LogP contribution in [-0.2, 0) is 0 Å². The molecule has 1 nitrogen and oxygen atoms in total. The zero-order chi connectivity index (χ0) is 9.07. The van der Waals surface area contributed by atoms with Crippen molar-refractivity contribution in [2.75, 3.05) is 14.1 Å². The molecule has 0 aromatic rings. The van der Waals surface area contributed by atoms with Crippen LogP contribution < -0.4 is 0 Å². The van der Waals surface area contributed by atoms with E-state index in [1.165, 1.54) is 0 Å². The summed E-state index contributed by atoms with van der Waals surface area (Å²) in [7, 11) is 2.88. The van der Waals surface area contributed by atoms with E-state index in [2.05, 4.69) is 25.3 Å². The lowest BCUT2D eigenvalue weighted by Gasteiger charge is -2.12. The topological polar surface area (TPSA) is 3.24 Å². The van der Waals surface area contributed by atoms with Crippen molar-refractivity contribution in [1.29, 1.82) is 0 Å². The Bertz CT molecular complexity index is 167. The molecule has 0 aromatic heterocycles. The largest absolute Gasteiger partial charge is 0.369 e. The molecular weight excluding hydrogens is 170 g/mol. The van der Waals surface area contributed by atoms with E-state index in [9.17, 15) is 0 Å². The summed E-state index contributed by atoms with van der Waals surface area (Å²) in [6.07, 6.45) is 2.04. The van der Waals surface area contributed by atoms with Crippen molar-refractivity contribution in [3.05, 3.63) is 11.8 Å². The maximum absolute atomic E-state index is 5.11. The first kappa shape index (κ1) is 10.8. The van der Waals surface area contributed by atoms with Crippen molar-refractivity contribution in [2.45, 2.75) is 19.6 Å². The Morgan fingerprint density at radius 1 is 1.27 bits per heavy atom. The average molecular weight is 187 g/mol. The molecule has 11 heavy (non-hydrogen) atoms. The van der Waals surface area contributed by atoms with Crippen molar-refractivity contribution >= 4 is 25.3 Å². The predicted octanol–water partition coefficient (Wildman–Crippen LogP) is 2.31. The third-order valence-corrected chi connectivity index (χ3v) is 2.83. The van der Waals surface area contributed by atoms with Crippen molar-refractivity contribution in [3.63, 3.8) is 0 Å². The van der Waals surface area contributed by atoms with Crippen LogP contribution in [0.2, 0.25) is 19.6 Å². The lowest BCUT2D eigenvalue weighted by molar-refractivity contribution is 0.639. The van der Waals surface area contributed by atoms with Gasteiger partial charge in [0.25, 0.3) is 0 Å². The third kappa shape index (κ3) is 6.25. The van der Waals surface area contributed by atoms with Gasteiger partial charge in [0.15, 0.2) is 0 Å². The molecule has 0 unspecified atom stereocenters. The van der Waals surface area contributed by atoms with E-state index in [1.54, 1.807) is 0 Å². The molecule has 0 N–H and O–H groups in total. The fraction of sp³-hybridized carbons (Fsp3) is 0.625. The Kier molecular flexibility index (Phi) is 3.96. The molecule has 0 saturated carbocycles. The van der Waals surface area contributed by atoms with Crippen LogP contribution in [0.25, 0.3) is 0 Å². The molecule has 0 spiro atoms. The van der Waals surface area contributed by atoms with Gasteiger partial charge in [-0.3, -0.25) is 0 Å². The number of nitrogens with zero attached hydrogens (tertiary/aromatic N) is 1. The molecule has 0 radical (unpaired) electrons. The zero-order valence-corrected chi connectivity index (χ0v) is 9.83. The number of thiocarbonyl (C=S) groups is 1. The molecule has 0 fully saturated rings. The lowest BCUT2D eigenvalue weighted by atomic mass is 10.6. The fourth-order valence-corrected chi connectivity index (χ4v) is 1.32. The first-order valence-corrected chi connectivity index (χ1v) is 7.72. The Labute approximate surface area is 76.1 Å². The Hall–Kier alpha value is -0.153. The van der Waals surface area contributed by atoms with E-state index >= 15 is 0 Å². The van der Waals surface area contributed by atoms with Crippen LogP contribution >= 0.6 is 12.2 Å². The molecule has 0 rings (SSSR count). The summed E-state index contributed by atoms with van der Waals surface area (Å²) in [5, 5.41) is 0. The van der Waals surface area contributed by atoms with E-state index in [0.717, 1.165) is 4.99 Å². The maximum atomic E-state index is 5.11. The van der Waals surface area contributed by atoms with Crippen LogP contribution in [0.1, 0.15) is 0 Å². The molecule has 0 heterocycles. The van der Waals surface area contributed by atoms with Crippen molar-refractivity contribution in [1.82, 2.24) is 4.90 Å². The van der Waals surface area contributed by atoms with Gasteiger partial charge in [-0.2, -0.15) is 0 Å². The van der Waals surface area contributed by atoms with Gasteiger partial charge in [-0.1, -0.05) is 37.6 Å². The molecule has 0 aliphatic carbocycles. The van der Waals surface area contributed by atoms with E-state index in [-0.39, 0.29) is 0 Å². The highest BCUT2D eigenvalue weighted by molar-refractivity contribution is 7.80. The summed E-state index contributed by atoms with van der Waals surface area (Å²) < 4.78 is 0. The normalized spacial score (nSPS) is 12.1.